The minimum Gasteiger partial charge on any atom is -0.352 e. The summed E-state index contributed by atoms with van der Waals surface area (Å²) < 4.78 is 14.0. The SMILES string of the molecule is CC(C)n1ncc2c1C[C@H](NC(=O)N[C@H](C)C(=O)NCCF)CC2. The number of carbonyl (C=O) groups excluding carboxylic acids is 2. The van der Waals surface area contributed by atoms with Gasteiger partial charge in [-0.2, -0.15) is 5.10 Å². The monoisotopic (exact) mass is 339 g/mol. The second-order valence-corrected chi connectivity index (χ2v) is 6.41. The third-order valence-electron chi connectivity index (χ3n) is 4.15. The molecule has 0 fully saturated rings. The fraction of sp³-hybridized carbons (Fsp3) is 0.688. The third kappa shape index (κ3) is 4.46. The molecule has 1 aromatic heterocycles. The first-order chi connectivity index (χ1) is 11.4. The van der Waals surface area contributed by atoms with Crippen molar-refractivity contribution in [2.24, 2.45) is 0 Å². The smallest absolute Gasteiger partial charge is 0.315 e. The first-order valence-corrected chi connectivity index (χ1v) is 8.38. The summed E-state index contributed by atoms with van der Waals surface area (Å²) in [5.74, 6) is -0.397. The third-order valence-corrected chi connectivity index (χ3v) is 4.15. The van der Waals surface area contributed by atoms with Crippen molar-refractivity contribution in [1.29, 1.82) is 0 Å². The van der Waals surface area contributed by atoms with Gasteiger partial charge in [0.05, 0.1) is 6.20 Å². The molecule has 2 atom stereocenters. The number of aryl methyl sites for hydroxylation is 1. The molecule has 3 amide bonds. The molecule has 0 aromatic carbocycles. The highest BCUT2D eigenvalue weighted by molar-refractivity contribution is 5.86. The van der Waals surface area contributed by atoms with E-state index in [4.69, 9.17) is 0 Å². The van der Waals surface area contributed by atoms with Gasteiger partial charge in [0.2, 0.25) is 5.91 Å². The van der Waals surface area contributed by atoms with Gasteiger partial charge in [-0.3, -0.25) is 9.48 Å². The highest BCUT2D eigenvalue weighted by Crippen LogP contribution is 2.23. The lowest BCUT2D eigenvalue weighted by Crippen LogP contribution is -2.51. The molecule has 24 heavy (non-hydrogen) atoms. The van der Waals surface area contributed by atoms with Gasteiger partial charge in [0.25, 0.3) is 0 Å². The lowest BCUT2D eigenvalue weighted by atomic mass is 9.93. The summed E-state index contributed by atoms with van der Waals surface area (Å²) in [5, 5.41) is 12.3. The number of urea groups is 1. The first kappa shape index (κ1) is 18.2. The van der Waals surface area contributed by atoms with Crippen molar-refractivity contribution >= 4 is 11.9 Å². The van der Waals surface area contributed by atoms with E-state index in [1.807, 2.05) is 10.9 Å². The number of fused-ring (bicyclic) bond motifs is 1. The summed E-state index contributed by atoms with van der Waals surface area (Å²) in [5.41, 5.74) is 2.40. The Kier molecular flexibility index (Phi) is 6.16. The Morgan fingerprint density at radius 3 is 2.83 bits per heavy atom. The summed E-state index contributed by atoms with van der Waals surface area (Å²) in [6.07, 6.45) is 4.35. The van der Waals surface area contributed by atoms with E-state index in [0.717, 1.165) is 25.0 Å². The predicted octanol–water partition coefficient (Wildman–Crippen LogP) is 1.09. The molecule has 0 bridgehead atoms. The van der Waals surface area contributed by atoms with Crippen LogP contribution in [0.25, 0.3) is 0 Å². The molecular weight excluding hydrogens is 313 g/mol. The minimum atomic E-state index is -0.711. The lowest BCUT2D eigenvalue weighted by molar-refractivity contribution is -0.122. The predicted molar refractivity (Wildman–Crippen MR) is 88.5 cm³/mol. The van der Waals surface area contributed by atoms with Crippen LogP contribution in [-0.4, -0.2) is 47.0 Å². The molecule has 0 radical (unpaired) electrons. The molecule has 3 N–H and O–H groups in total. The summed E-state index contributed by atoms with van der Waals surface area (Å²) in [6.45, 7) is 5.05. The summed E-state index contributed by atoms with van der Waals surface area (Å²) >= 11 is 0. The van der Waals surface area contributed by atoms with Gasteiger partial charge >= 0.3 is 6.03 Å². The van der Waals surface area contributed by atoms with Gasteiger partial charge in [-0.1, -0.05) is 0 Å². The Labute approximate surface area is 141 Å². The molecule has 0 saturated heterocycles. The van der Waals surface area contributed by atoms with Crippen molar-refractivity contribution in [3.8, 4) is 0 Å². The topological polar surface area (TPSA) is 88.1 Å². The van der Waals surface area contributed by atoms with Crippen molar-refractivity contribution < 1.29 is 14.0 Å². The van der Waals surface area contributed by atoms with Crippen LogP contribution in [0.3, 0.4) is 0 Å². The van der Waals surface area contributed by atoms with Crippen LogP contribution in [0.15, 0.2) is 6.20 Å². The molecule has 0 aliphatic heterocycles. The zero-order valence-electron chi connectivity index (χ0n) is 14.4. The zero-order valence-corrected chi connectivity index (χ0v) is 14.4. The second kappa shape index (κ2) is 8.12. The van der Waals surface area contributed by atoms with Crippen molar-refractivity contribution in [3.63, 3.8) is 0 Å². The highest BCUT2D eigenvalue weighted by atomic mass is 19.1. The fourth-order valence-corrected chi connectivity index (χ4v) is 2.90. The van der Waals surface area contributed by atoms with Crippen LogP contribution < -0.4 is 16.0 Å². The van der Waals surface area contributed by atoms with Gasteiger partial charge in [0, 0.05) is 30.7 Å². The Morgan fingerprint density at radius 1 is 1.42 bits per heavy atom. The number of rotatable bonds is 6. The molecule has 1 aromatic rings. The quantitative estimate of drug-likeness (QED) is 0.725. The highest BCUT2D eigenvalue weighted by Gasteiger charge is 2.25. The van der Waals surface area contributed by atoms with Gasteiger partial charge in [-0.25, -0.2) is 9.18 Å². The van der Waals surface area contributed by atoms with Crippen LogP contribution in [0, 0.1) is 0 Å². The van der Waals surface area contributed by atoms with E-state index in [0.29, 0.717) is 0 Å². The van der Waals surface area contributed by atoms with Crippen LogP contribution in [-0.2, 0) is 17.6 Å². The zero-order chi connectivity index (χ0) is 17.7. The molecule has 0 saturated carbocycles. The van der Waals surface area contributed by atoms with Crippen molar-refractivity contribution in [2.75, 3.05) is 13.2 Å². The number of hydrogen-bond acceptors (Lipinski definition) is 3. The molecule has 1 aliphatic rings. The average molecular weight is 339 g/mol. The number of nitrogens with zero attached hydrogens (tertiary/aromatic N) is 2. The van der Waals surface area contributed by atoms with Gasteiger partial charge in [0.15, 0.2) is 0 Å². The van der Waals surface area contributed by atoms with Crippen LogP contribution in [0.1, 0.15) is 44.5 Å². The van der Waals surface area contributed by atoms with Crippen LogP contribution in [0.4, 0.5) is 9.18 Å². The van der Waals surface area contributed by atoms with Gasteiger partial charge in [-0.05, 0) is 39.2 Å². The summed E-state index contributed by atoms with van der Waals surface area (Å²) in [7, 11) is 0. The van der Waals surface area contributed by atoms with Gasteiger partial charge < -0.3 is 16.0 Å². The Balaban J connectivity index is 1.87. The maximum absolute atomic E-state index is 12.1. The van der Waals surface area contributed by atoms with Crippen molar-refractivity contribution in [1.82, 2.24) is 25.7 Å². The number of aromatic nitrogens is 2. The maximum atomic E-state index is 12.1. The number of alkyl halides is 1. The molecule has 1 aliphatic carbocycles. The second-order valence-electron chi connectivity index (χ2n) is 6.41. The van der Waals surface area contributed by atoms with E-state index in [1.54, 1.807) is 6.92 Å². The largest absolute Gasteiger partial charge is 0.352 e. The number of carbonyl (C=O) groups is 2. The first-order valence-electron chi connectivity index (χ1n) is 8.38. The van der Waals surface area contributed by atoms with E-state index < -0.39 is 18.6 Å². The van der Waals surface area contributed by atoms with Crippen LogP contribution in [0.5, 0.6) is 0 Å². The maximum Gasteiger partial charge on any atom is 0.315 e. The molecule has 7 nitrogen and oxygen atoms in total. The van der Waals surface area contributed by atoms with E-state index in [-0.39, 0.29) is 24.7 Å². The van der Waals surface area contributed by atoms with Gasteiger partial charge in [-0.15, -0.1) is 0 Å². The Hall–Kier alpha value is -2.12. The lowest BCUT2D eigenvalue weighted by Gasteiger charge is -2.26. The Bertz CT molecular complexity index is 587. The number of nitrogens with one attached hydrogen (secondary N) is 3. The molecule has 8 heteroatoms. The van der Waals surface area contributed by atoms with E-state index in [2.05, 4.69) is 34.9 Å². The van der Waals surface area contributed by atoms with E-state index in [1.165, 1.54) is 5.56 Å². The average Bonchev–Trinajstić information content (AvgIpc) is 2.95. The number of hydrogen-bond donors (Lipinski definition) is 3. The van der Waals surface area contributed by atoms with E-state index >= 15 is 0 Å². The minimum absolute atomic E-state index is 0.00723. The van der Waals surface area contributed by atoms with Crippen LogP contribution in [0.2, 0.25) is 0 Å². The molecule has 0 unspecified atom stereocenters. The summed E-state index contributed by atoms with van der Waals surface area (Å²) in [6, 6.07) is -0.813. The number of amides is 3. The van der Waals surface area contributed by atoms with E-state index in [9.17, 15) is 14.0 Å². The number of halogens is 1. The molecular formula is C16H26FN5O2. The van der Waals surface area contributed by atoms with Crippen molar-refractivity contribution in [3.05, 3.63) is 17.5 Å². The molecule has 134 valence electrons. The Morgan fingerprint density at radius 2 is 2.17 bits per heavy atom. The van der Waals surface area contributed by atoms with Gasteiger partial charge in [0.1, 0.15) is 12.7 Å². The molecule has 2 rings (SSSR count). The summed E-state index contributed by atoms with van der Waals surface area (Å²) in [4.78, 5) is 23.7. The normalized spacial score (nSPS) is 18.0. The fourth-order valence-electron chi connectivity index (χ4n) is 2.90. The van der Waals surface area contributed by atoms with Crippen LogP contribution >= 0.6 is 0 Å². The van der Waals surface area contributed by atoms with Crippen molar-refractivity contribution in [2.45, 2.75) is 58.2 Å². The standard InChI is InChI=1S/C16H26FN5O2/c1-10(2)22-14-8-13(5-4-12(14)9-19-22)21-16(24)20-11(3)15(23)18-7-6-17/h9-11,13H,4-8H2,1-3H3,(H,18,23)(H2,20,21,24)/t11-,13-/m1/s1. The molecule has 0 spiro atoms. The molecule has 1 heterocycles.